The molecular formula is C13H13Cl2N3. The number of fused-ring (bicyclic) bond motifs is 1. The lowest BCUT2D eigenvalue weighted by molar-refractivity contribution is 0.590. The highest BCUT2D eigenvalue weighted by atomic mass is 35.5. The third kappa shape index (κ3) is 2.14. The molecule has 3 nitrogen and oxygen atoms in total. The summed E-state index contributed by atoms with van der Waals surface area (Å²) in [7, 11) is 0. The van der Waals surface area contributed by atoms with Crippen LogP contribution in [0.4, 0.5) is 5.69 Å². The first kappa shape index (κ1) is 12.0. The molecule has 1 N–H and O–H groups in total. The number of nitrogens with one attached hydrogen (secondary N) is 1. The van der Waals surface area contributed by atoms with Crippen LogP contribution in [0.5, 0.6) is 0 Å². The fraction of sp³-hybridized carbons (Fsp3) is 0.308. The molecule has 1 saturated heterocycles. The highest BCUT2D eigenvalue weighted by Gasteiger charge is 2.14. The molecular weight excluding hydrogens is 269 g/mol. The van der Waals surface area contributed by atoms with Crippen molar-refractivity contribution in [2.75, 3.05) is 31.1 Å². The molecule has 0 spiro atoms. The standard InChI is InChI=1S/C13H13Cl2N3/c14-10-7-9-12(8-11(10)15)17-2-1-13(9)18-5-3-16-4-6-18/h1-2,7-8,16H,3-6H2. The lowest BCUT2D eigenvalue weighted by Crippen LogP contribution is -2.43. The normalized spacial score (nSPS) is 16.2. The van der Waals surface area contributed by atoms with Crippen LogP contribution in [-0.4, -0.2) is 31.2 Å². The smallest absolute Gasteiger partial charge is 0.0738 e. The van der Waals surface area contributed by atoms with Crippen LogP contribution in [0.25, 0.3) is 10.9 Å². The van der Waals surface area contributed by atoms with E-state index >= 15 is 0 Å². The van der Waals surface area contributed by atoms with Gasteiger partial charge in [-0.2, -0.15) is 0 Å². The van der Waals surface area contributed by atoms with E-state index in [0.29, 0.717) is 10.0 Å². The van der Waals surface area contributed by atoms with Crippen molar-refractivity contribution in [3.63, 3.8) is 0 Å². The predicted molar refractivity (Wildman–Crippen MR) is 76.8 cm³/mol. The highest BCUT2D eigenvalue weighted by Crippen LogP contribution is 2.32. The number of pyridine rings is 1. The van der Waals surface area contributed by atoms with Crippen molar-refractivity contribution < 1.29 is 0 Å². The average molecular weight is 282 g/mol. The van der Waals surface area contributed by atoms with Gasteiger partial charge in [-0.15, -0.1) is 0 Å². The van der Waals surface area contributed by atoms with Gasteiger partial charge in [-0.1, -0.05) is 23.2 Å². The molecule has 2 aromatic rings. The molecule has 0 unspecified atom stereocenters. The Labute approximate surface area is 116 Å². The van der Waals surface area contributed by atoms with Crippen LogP contribution in [0, 0.1) is 0 Å². The summed E-state index contributed by atoms with van der Waals surface area (Å²) in [5, 5.41) is 5.54. The Balaban J connectivity index is 2.13. The largest absolute Gasteiger partial charge is 0.368 e. The minimum absolute atomic E-state index is 0.550. The molecule has 18 heavy (non-hydrogen) atoms. The summed E-state index contributed by atoms with van der Waals surface area (Å²) in [4.78, 5) is 6.71. The van der Waals surface area contributed by atoms with E-state index in [-0.39, 0.29) is 0 Å². The molecule has 3 rings (SSSR count). The maximum Gasteiger partial charge on any atom is 0.0738 e. The average Bonchev–Trinajstić information content (AvgIpc) is 2.40. The minimum Gasteiger partial charge on any atom is -0.368 e. The maximum absolute atomic E-state index is 6.11. The molecule has 1 aromatic carbocycles. The third-order valence-electron chi connectivity index (χ3n) is 3.22. The summed E-state index contributed by atoms with van der Waals surface area (Å²) >= 11 is 12.1. The molecule has 1 aliphatic heterocycles. The van der Waals surface area contributed by atoms with Gasteiger partial charge in [0.05, 0.1) is 15.6 Å². The summed E-state index contributed by atoms with van der Waals surface area (Å²) in [6.07, 6.45) is 1.82. The molecule has 94 valence electrons. The number of halogens is 2. The van der Waals surface area contributed by atoms with Crippen molar-refractivity contribution in [1.82, 2.24) is 10.3 Å². The number of rotatable bonds is 1. The van der Waals surface area contributed by atoms with Crippen LogP contribution < -0.4 is 10.2 Å². The highest BCUT2D eigenvalue weighted by molar-refractivity contribution is 6.42. The van der Waals surface area contributed by atoms with Gasteiger partial charge in [0.15, 0.2) is 0 Å². The molecule has 2 heterocycles. The molecule has 5 heteroatoms. The first-order valence-corrected chi connectivity index (χ1v) is 6.71. The first-order valence-electron chi connectivity index (χ1n) is 5.95. The van der Waals surface area contributed by atoms with Crippen LogP contribution in [0.15, 0.2) is 24.4 Å². The minimum atomic E-state index is 0.550. The molecule has 1 aromatic heterocycles. The zero-order valence-electron chi connectivity index (χ0n) is 9.79. The lowest BCUT2D eigenvalue weighted by Gasteiger charge is -2.30. The Morgan fingerprint density at radius 2 is 1.83 bits per heavy atom. The van der Waals surface area contributed by atoms with Gasteiger partial charge >= 0.3 is 0 Å². The van der Waals surface area contributed by atoms with Gasteiger partial charge in [-0.25, -0.2) is 0 Å². The molecule has 1 fully saturated rings. The number of aromatic nitrogens is 1. The zero-order chi connectivity index (χ0) is 12.5. The summed E-state index contributed by atoms with van der Waals surface area (Å²) in [6, 6.07) is 5.77. The van der Waals surface area contributed by atoms with Crippen LogP contribution in [0.2, 0.25) is 10.0 Å². The second-order valence-electron chi connectivity index (χ2n) is 4.35. The summed E-state index contributed by atoms with van der Waals surface area (Å²) in [5.41, 5.74) is 2.07. The van der Waals surface area contributed by atoms with Crippen molar-refractivity contribution >= 4 is 39.8 Å². The van der Waals surface area contributed by atoms with E-state index in [2.05, 4.69) is 15.2 Å². The van der Waals surface area contributed by atoms with E-state index in [9.17, 15) is 0 Å². The van der Waals surface area contributed by atoms with Crippen molar-refractivity contribution in [1.29, 1.82) is 0 Å². The Kier molecular flexibility index (Phi) is 3.29. The predicted octanol–water partition coefficient (Wildman–Crippen LogP) is 2.95. The van der Waals surface area contributed by atoms with Gasteiger partial charge in [0.1, 0.15) is 0 Å². The molecule has 0 bridgehead atoms. The summed E-state index contributed by atoms with van der Waals surface area (Å²) in [6.45, 7) is 4.01. The fourth-order valence-electron chi connectivity index (χ4n) is 2.31. The quantitative estimate of drug-likeness (QED) is 0.871. The molecule has 0 aliphatic carbocycles. The maximum atomic E-state index is 6.11. The summed E-state index contributed by atoms with van der Waals surface area (Å²) < 4.78 is 0. The second-order valence-corrected chi connectivity index (χ2v) is 5.16. The van der Waals surface area contributed by atoms with E-state index < -0.39 is 0 Å². The topological polar surface area (TPSA) is 28.2 Å². The van der Waals surface area contributed by atoms with Crippen molar-refractivity contribution in [2.24, 2.45) is 0 Å². The molecule has 0 atom stereocenters. The van der Waals surface area contributed by atoms with Gasteiger partial charge in [-0.05, 0) is 18.2 Å². The van der Waals surface area contributed by atoms with E-state index in [1.807, 2.05) is 24.4 Å². The third-order valence-corrected chi connectivity index (χ3v) is 3.94. The number of hydrogen-bond donors (Lipinski definition) is 1. The van der Waals surface area contributed by atoms with Crippen molar-refractivity contribution in [3.8, 4) is 0 Å². The van der Waals surface area contributed by atoms with Crippen LogP contribution in [-0.2, 0) is 0 Å². The Hall–Kier alpha value is -1.03. The number of anilines is 1. The van der Waals surface area contributed by atoms with Crippen molar-refractivity contribution in [2.45, 2.75) is 0 Å². The Morgan fingerprint density at radius 1 is 1.11 bits per heavy atom. The molecule has 0 amide bonds. The SMILES string of the molecule is Clc1cc2nccc(N3CCNCC3)c2cc1Cl. The summed E-state index contributed by atoms with van der Waals surface area (Å²) in [5.74, 6) is 0. The van der Waals surface area contributed by atoms with Crippen LogP contribution >= 0.6 is 23.2 Å². The van der Waals surface area contributed by atoms with Crippen molar-refractivity contribution in [3.05, 3.63) is 34.4 Å². The zero-order valence-corrected chi connectivity index (χ0v) is 11.3. The number of nitrogens with zero attached hydrogens (tertiary/aromatic N) is 2. The Bertz CT molecular complexity index is 580. The van der Waals surface area contributed by atoms with Crippen LogP contribution in [0.3, 0.4) is 0 Å². The van der Waals surface area contributed by atoms with Gasteiger partial charge in [0, 0.05) is 43.4 Å². The first-order chi connectivity index (χ1) is 8.75. The number of piperazine rings is 1. The van der Waals surface area contributed by atoms with Gasteiger partial charge in [-0.3, -0.25) is 4.98 Å². The monoisotopic (exact) mass is 281 g/mol. The lowest BCUT2D eigenvalue weighted by atomic mass is 10.1. The van der Waals surface area contributed by atoms with Crippen LogP contribution in [0.1, 0.15) is 0 Å². The van der Waals surface area contributed by atoms with Gasteiger partial charge < -0.3 is 10.2 Å². The number of hydrogen-bond acceptors (Lipinski definition) is 3. The number of benzene rings is 1. The van der Waals surface area contributed by atoms with E-state index in [1.54, 1.807) is 0 Å². The molecule has 1 aliphatic rings. The van der Waals surface area contributed by atoms with Gasteiger partial charge in [0.25, 0.3) is 0 Å². The van der Waals surface area contributed by atoms with E-state index in [4.69, 9.17) is 23.2 Å². The second kappa shape index (κ2) is 4.92. The van der Waals surface area contributed by atoms with Gasteiger partial charge in [0.2, 0.25) is 0 Å². The van der Waals surface area contributed by atoms with E-state index in [1.165, 1.54) is 5.69 Å². The molecule has 0 saturated carbocycles. The molecule has 0 radical (unpaired) electrons. The Morgan fingerprint density at radius 3 is 2.61 bits per heavy atom. The van der Waals surface area contributed by atoms with E-state index in [0.717, 1.165) is 37.1 Å². The fourth-order valence-corrected chi connectivity index (χ4v) is 2.63.